The predicted octanol–water partition coefficient (Wildman–Crippen LogP) is 2.35. The number of carbonyl (C=O) groups excluding carboxylic acids is 3. The molecule has 17 nitrogen and oxygen atoms in total. The van der Waals surface area contributed by atoms with E-state index in [0.29, 0.717) is 12.8 Å². The molecule has 3 heterocycles. The van der Waals surface area contributed by atoms with Crippen molar-refractivity contribution in [3.8, 4) is 23.0 Å². The number of hydrogen-bond acceptors (Lipinski definition) is 17. The van der Waals surface area contributed by atoms with E-state index in [0.717, 1.165) is 12.1 Å². The second-order valence-corrected chi connectivity index (χ2v) is 16.0. The number of aromatic hydroxyl groups is 4. The van der Waals surface area contributed by atoms with Crippen LogP contribution in [-0.2, 0) is 33.2 Å². The molecule has 2 aromatic rings. The Morgan fingerprint density at radius 3 is 1.84 bits per heavy atom. The molecular formula is C40H51NO16. The largest absolute Gasteiger partial charge is 0.507 e. The van der Waals surface area contributed by atoms with Crippen LogP contribution < -0.4 is 0 Å². The third kappa shape index (κ3) is 7.11. The van der Waals surface area contributed by atoms with Crippen LogP contribution >= 0.6 is 0 Å². The lowest BCUT2D eigenvalue weighted by Crippen LogP contribution is -2.58. The first-order valence-electron chi connectivity index (χ1n) is 19.3. The number of carbonyl (C=O) groups is 3. The summed E-state index contributed by atoms with van der Waals surface area (Å²) in [5.41, 5.74) is -5.10. The fraction of sp³-hybridized carbons (Fsp3) is 0.625. The number of aliphatic hydroxyl groups excluding tert-OH is 2. The number of Topliss-reactive ketones (excluding diaryl/α,β-unsaturated/α-hetero) is 1. The molecule has 0 amide bonds. The Labute approximate surface area is 328 Å². The van der Waals surface area contributed by atoms with Gasteiger partial charge in [0.2, 0.25) is 11.6 Å². The molecule has 3 aliphatic heterocycles. The van der Waals surface area contributed by atoms with Crippen molar-refractivity contribution >= 4 is 17.3 Å². The maximum Gasteiger partial charge on any atom is 0.202 e. The van der Waals surface area contributed by atoms with Crippen LogP contribution in [-0.4, -0.2) is 139 Å². The molecule has 3 fully saturated rings. The molecule has 57 heavy (non-hydrogen) atoms. The average Bonchev–Trinajstić information content (AvgIpc) is 3.14. The number of phenols is 4. The van der Waals surface area contributed by atoms with E-state index in [-0.39, 0.29) is 43.1 Å². The summed E-state index contributed by atoms with van der Waals surface area (Å²) in [5, 5.41) is 78.8. The Balaban J connectivity index is 1.13. The van der Waals surface area contributed by atoms with E-state index in [2.05, 4.69) is 0 Å². The van der Waals surface area contributed by atoms with Gasteiger partial charge in [0.1, 0.15) is 47.4 Å². The second kappa shape index (κ2) is 15.4. The fourth-order valence-corrected chi connectivity index (χ4v) is 8.94. The highest BCUT2D eigenvalue weighted by Crippen LogP contribution is 2.57. The van der Waals surface area contributed by atoms with Crippen molar-refractivity contribution in [2.75, 3.05) is 14.1 Å². The van der Waals surface area contributed by atoms with E-state index >= 15 is 0 Å². The molecule has 0 aromatic heterocycles. The highest BCUT2D eigenvalue weighted by Gasteiger charge is 2.53. The Kier molecular flexibility index (Phi) is 11.2. The molecule has 3 saturated heterocycles. The van der Waals surface area contributed by atoms with Gasteiger partial charge in [-0.15, -0.1) is 0 Å². The van der Waals surface area contributed by atoms with Gasteiger partial charge in [0.05, 0.1) is 52.3 Å². The van der Waals surface area contributed by atoms with Gasteiger partial charge < -0.3 is 69.1 Å². The van der Waals surface area contributed by atoms with Crippen LogP contribution in [0.25, 0.3) is 0 Å². The maximum atomic E-state index is 13.8. The number of aliphatic hydroxyl groups is 3. The quantitative estimate of drug-likeness (QED) is 0.162. The Hall–Kier alpha value is -3.75. The minimum Gasteiger partial charge on any atom is -0.507 e. The minimum absolute atomic E-state index is 0.00497. The first kappa shape index (κ1) is 41.4. The molecule has 13 unspecified atom stereocenters. The standard InChI is InChI=1S/C40H51NO16/c1-7-40(51)14-23(29-32(39(40)50)36(49)31-30(35(29)48)33(46)27-20(43)8-9-21(44)28(27)34(31)47)55-25-12-18(41(5)6)37(16(3)53-25)57-26-13-22(45)38(17(4)54-26)56-24-11-10-19(42)15(2)52-24/h8-9,15-18,22-26,37-39,43-45,48-51H,7,10-14H2,1-6H3. The molecule has 17 heteroatoms. The van der Waals surface area contributed by atoms with E-state index < -0.39 is 136 Å². The second-order valence-electron chi connectivity index (χ2n) is 16.0. The highest BCUT2D eigenvalue weighted by molar-refractivity contribution is 6.32. The lowest BCUT2D eigenvalue weighted by Gasteiger charge is -2.48. The number of ether oxygens (including phenoxy) is 6. The topological polar surface area (TPSA) is 251 Å². The molecule has 2 aromatic carbocycles. The molecular weight excluding hydrogens is 750 g/mol. The van der Waals surface area contributed by atoms with E-state index in [1.54, 1.807) is 27.7 Å². The van der Waals surface area contributed by atoms with Crippen molar-refractivity contribution in [1.29, 1.82) is 0 Å². The SMILES string of the molecule is CCC1(O)CC(OC2CC(N(C)C)C(OC3CC(O)C(OC4CCC(=O)C(C)O4)C(C)O3)C(C)O2)c2c(O)c3c(c(O)c2C1O)C(=O)c1c(O)ccc(O)c1C3=O. The summed E-state index contributed by atoms with van der Waals surface area (Å²) in [6.07, 6.45) is -9.24. The first-order chi connectivity index (χ1) is 26.9. The predicted molar refractivity (Wildman–Crippen MR) is 195 cm³/mol. The van der Waals surface area contributed by atoms with Gasteiger partial charge in [-0.2, -0.15) is 0 Å². The monoisotopic (exact) mass is 801 g/mol. The number of ketones is 3. The molecule has 0 saturated carbocycles. The van der Waals surface area contributed by atoms with Gasteiger partial charge in [0.15, 0.2) is 24.7 Å². The van der Waals surface area contributed by atoms with Crippen molar-refractivity contribution in [3.63, 3.8) is 0 Å². The van der Waals surface area contributed by atoms with Gasteiger partial charge in [-0.25, -0.2) is 0 Å². The van der Waals surface area contributed by atoms with E-state index in [9.17, 15) is 50.1 Å². The third-order valence-electron chi connectivity index (χ3n) is 12.2. The number of nitrogens with zero attached hydrogens (tertiary/aromatic N) is 1. The van der Waals surface area contributed by atoms with Crippen molar-refractivity contribution in [3.05, 3.63) is 45.5 Å². The smallest absolute Gasteiger partial charge is 0.202 e. The molecule has 0 bridgehead atoms. The Bertz CT molecular complexity index is 1920. The van der Waals surface area contributed by atoms with Gasteiger partial charge in [-0.3, -0.25) is 14.4 Å². The number of rotatable bonds is 8. The average molecular weight is 802 g/mol. The Morgan fingerprint density at radius 1 is 0.754 bits per heavy atom. The summed E-state index contributed by atoms with van der Waals surface area (Å²) in [6.45, 7) is 6.78. The molecule has 312 valence electrons. The summed E-state index contributed by atoms with van der Waals surface area (Å²) in [6, 6.07) is 1.64. The van der Waals surface area contributed by atoms with E-state index in [1.807, 2.05) is 19.0 Å². The van der Waals surface area contributed by atoms with Crippen LogP contribution in [0.4, 0.5) is 0 Å². The van der Waals surface area contributed by atoms with Gasteiger partial charge in [-0.05, 0) is 53.4 Å². The molecule has 7 rings (SSSR count). The zero-order chi connectivity index (χ0) is 41.4. The van der Waals surface area contributed by atoms with Crippen molar-refractivity contribution < 1.29 is 78.6 Å². The number of fused-ring (bicyclic) bond motifs is 3. The summed E-state index contributed by atoms with van der Waals surface area (Å²) in [7, 11) is 3.67. The normalized spacial score (nSPS) is 36.8. The van der Waals surface area contributed by atoms with Gasteiger partial charge in [0.25, 0.3) is 0 Å². The summed E-state index contributed by atoms with van der Waals surface area (Å²) >= 11 is 0. The molecule has 5 aliphatic rings. The first-order valence-corrected chi connectivity index (χ1v) is 19.3. The fourth-order valence-electron chi connectivity index (χ4n) is 8.94. The van der Waals surface area contributed by atoms with Gasteiger partial charge in [-0.1, -0.05) is 6.92 Å². The lowest BCUT2D eigenvalue weighted by molar-refractivity contribution is -0.325. The summed E-state index contributed by atoms with van der Waals surface area (Å²) in [5.74, 6) is -5.11. The van der Waals surface area contributed by atoms with Crippen molar-refractivity contribution in [1.82, 2.24) is 4.90 Å². The highest BCUT2D eigenvalue weighted by atomic mass is 16.7. The summed E-state index contributed by atoms with van der Waals surface area (Å²) in [4.78, 5) is 41.4. The van der Waals surface area contributed by atoms with Crippen LogP contribution in [0.5, 0.6) is 23.0 Å². The molecule has 13 atom stereocenters. The third-order valence-corrected chi connectivity index (χ3v) is 12.2. The zero-order valence-corrected chi connectivity index (χ0v) is 32.6. The number of benzene rings is 2. The zero-order valence-electron chi connectivity index (χ0n) is 32.6. The van der Waals surface area contributed by atoms with Crippen LogP contribution in [0.2, 0.25) is 0 Å². The van der Waals surface area contributed by atoms with Crippen molar-refractivity contribution in [2.45, 2.75) is 146 Å². The molecule has 0 radical (unpaired) electrons. The van der Waals surface area contributed by atoms with Crippen molar-refractivity contribution in [2.24, 2.45) is 0 Å². The number of phenolic OH excluding ortho intramolecular Hbond substituents is 4. The number of hydrogen-bond donors (Lipinski definition) is 7. The van der Waals surface area contributed by atoms with E-state index in [1.165, 1.54) is 0 Å². The Morgan fingerprint density at radius 2 is 1.30 bits per heavy atom. The lowest BCUT2D eigenvalue weighted by atomic mass is 9.70. The van der Waals surface area contributed by atoms with Gasteiger partial charge in [0, 0.05) is 49.3 Å². The minimum atomic E-state index is -1.93. The van der Waals surface area contributed by atoms with Crippen LogP contribution in [0.15, 0.2) is 12.1 Å². The van der Waals surface area contributed by atoms with Crippen LogP contribution in [0, 0.1) is 0 Å². The van der Waals surface area contributed by atoms with E-state index in [4.69, 9.17) is 28.4 Å². The maximum absolute atomic E-state index is 13.8. The van der Waals surface area contributed by atoms with Crippen LogP contribution in [0.1, 0.15) is 121 Å². The molecule has 2 aliphatic carbocycles. The van der Waals surface area contributed by atoms with Gasteiger partial charge >= 0.3 is 0 Å². The molecule has 7 N–H and O–H groups in total. The summed E-state index contributed by atoms with van der Waals surface area (Å²) < 4.78 is 37.2. The molecule has 0 spiro atoms. The number of likely N-dealkylation sites (N-methyl/N-ethyl adjacent to an activating group) is 1. The van der Waals surface area contributed by atoms with Crippen LogP contribution in [0.3, 0.4) is 0 Å².